The molecule has 230 valence electrons. The normalized spacial score (nSPS) is 13.2. The summed E-state index contributed by atoms with van der Waals surface area (Å²) in [4.78, 5) is 2.14. The molecule has 3 aromatic carbocycles. The number of halogens is 5. The molecule has 0 aliphatic carbocycles. The third-order valence-corrected chi connectivity index (χ3v) is 8.59. The fraction of sp³-hybridized carbons (Fsp3) is 0.333. The van der Waals surface area contributed by atoms with E-state index in [9.17, 15) is 34.9 Å². The molecule has 0 N–H and O–H groups in total. The second-order valence-electron chi connectivity index (χ2n) is 8.46. The summed E-state index contributed by atoms with van der Waals surface area (Å²) in [5.74, 6) is 0.451. The zero-order valence-corrected chi connectivity index (χ0v) is 23.9. The van der Waals surface area contributed by atoms with Crippen molar-refractivity contribution in [3.8, 4) is 17.2 Å². The van der Waals surface area contributed by atoms with E-state index < -0.39 is 44.3 Å². The molecule has 1 atom stereocenters. The Hall–Kier alpha value is -3.11. The molecule has 0 heterocycles. The lowest BCUT2D eigenvalue weighted by Gasteiger charge is -2.30. The van der Waals surface area contributed by atoms with Crippen LogP contribution in [0.3, 0.4) is 0 Å². The largest absolute Gasteiger partial charge is 0.743 e. The molecule has 1 unspecified atom stereocenters. The van der Waals surface area contributed by atoms with Gasteiger partial charge in [-0.2, -0.15) is 22.0 Å². The summed E-state index contributed by atoms with van der Waals surface area (Å²) in [6.07, 6.45) is -10.1. The molecule has 0 aliphatic rings. The minimum absolute atomic E-state index is 0.333. The Bertz CT molecular complexity index is 1310. The Kier molecular flexibility index (Phi) is 11.4. The second kappa shape index (κ2) is 14.4. The first kappa shape index (κ1) is 33.4. The Labute approximate surface area is 242 Å². The average molecular weight is 639 g/mol. The van der Waals surface area contributed by atoms with E-state index in [0.29, 0.717) is 42.8 Å². The van der Waals surface area contributed by atoms with E-state index in [-0.39, 0.29) is 0 Å². The highest BCUT2D eigenvalue weighted by atomic mass is 32.2. The van der Waals surface area contributed by atoms with E-state index in [4.69, 9.17) is 18.9 Å². The van der Waals surface area contributed by atoms with Crippen LogP contribution in [0.2, 0.25) is 0 Å². The monoisotopic (exact) mass is 638 g/mol. The first-order valence-corrected chi connectivity index (χ1v) is 14.8. The van der Waals surface area contributed by atoms with Crippen LogP contribution in [0.5, 0.6) is 17.2 Å². The van der Waals surface area contributed by atoms with Crippen LogP contribution in [-0.2, 0) is 30.5 Å². The summed E-state index contributed by atoms with van der Waals surface area (Å²) in [5.41, 5.74) is 0. The summed E-state index contributed by atoms with van der Waals surface area (Å²) in [5, 5.41) is -5.76. The quantitative estimate of drug-likeness (QED) is 0.0960. The molecule has 0 saturated carbocycles. The number of hydrogen-bond donors (Lipinski definition) is 0. The van der Waals surface area contributed by atoms with Gasteiger partial charge in [-0.05, 0) is 72.8 Å². The standard InChI is InChI=1S/C27H27F5O8S2/c1-36-15-17-38-19-3-9-22(10-4-19)41(23-11-5-20(6-12-23)39-18-16-37-2)24-13-7-21(8-14-24)40-25(26(28,29)30)27(31,32)42(33,34)35/h3-14,25H,15-18H2,1-2H3. The molecule has 0 spiro atoms. The lowest BCUT2D eigenvalue weighted by molar-refractivity contribution is -0.239. The van der Waals surface area contributed by atoms with Gasteiger partial charge in [-0.1, -0.05) is 0 Å². The van der Waals surface area contributed by atoms with Crippen LogP contribution in [0.25, 0.3) is 0 Å². The molecular formula is C27H27F5O8S2. The predicted molar refractivity (Wildman–Crippen MR) is 141 cm³/mol. The number of rotatable bonds is 15. The number of ether oxygens (including phenoxy) is 5. The summed E-state index contributed by atoms with van der Waals surface area (Å²) in [6.45, 7) is 1.45. The van der Waals surface area contributed by atoms with Gasteiger partial charge in [-0.15, -0.1) is 0 Å². The smallest absolute Gasteiger partial charge is 0.432 e. The van der Waals surface area contributed by atoms with Crippen LogP contribution in [0.15, 0.2) is 87.5 Å². The first-order valence-electron chi connectivity index (χ1n) is 12.1. The van der Waals surface area contributed by atoms with Crippen molar-refractivity contribution in [3.05, 3.63) is 72.8 Å². The SMILES string of the molecule is COCCOc1ccc([S+](c2ccc(OCCOC)cc2)c2ccc(OC(C(F)(F)F)C(F)(F)S(=O)(=O)[O-])cc2)cc1. The molecule has 0 saturated heterocycles. The molecule has 3 aromatic rings. The molecule has 0 radical (unpaired) electrons. The summed E-state index contributed by atoms with van der Waals surface area (Å²) < 4.78 is 126. The zero-order chi connectivity index (χ0) is 31.0. The van der Waals surface area contributed by atoms with Crippen molar-refractivity contribution in [2.45, 2.75) is 32.2 Å². The lowest BCUT2D eigenvalue weighted by Crippen LogP contribution is -2.53. The second-order valence-corrected chi connectivity index (χ2v) is 11.9. The van der Waals surface area contributed by atoms with E-state index in [2.05, 4.69) is 4.74 Å². The maximum absolute atomic E-state index is 13.9. The highest BCUT2D eigenvalue weighted by Gasteiger charge is 2.62. The van der Waals surface area contributed by atoms with E-state index in [1.807, 2.05) is 0 Å². The highest BCUT2D eigenvalue weighted by Crippen LogP contribution is 2.39. The van der Waals surface area contributed by atoms with Gasteiger partial charge in [-0.3, -0.25) is 0 Å². The van der Waals surface area contributed by atoms with Crippen molar-refractivity contribution in [1.82, 2.24) is 0 Å². The van der Waals surface area contributed by atoms with Crippen molar-refractivity contribution >= 4 is 21.0 Å². The molecular weight excluding hydrogens is 611 g/mol. The Morgan fingerprint density at radius 1 is 0.667 bits per heavy atom. The van der Waals surface area contributed by atoms with Gasteiger partial charge in [0.05, 0.1) is 24.1 Å². The van der Waals surface area contributed by atoms with E-state index in [1.165, 1.54) is 12.1 Å². The van der Waals surface area contributed by atoms with E-state index in [1.54, 1.807) is 62.8 Å². The van der Waals surface area contributed by atoms with Gasteiger partial charge < -0.3 is 28.2 Å². The molecule has 3 rings (SSSR count). The predicted octanol–water partition coefficient (Wildman–Crippen LogP) is 5.28. The van der Waals surface area contributed by atoms with Crippen LogP contribution >= 0.6 is 0 Å². The molecule has 0 amide bonds. The fourth-order valence-corrected chi connectivity index (χ4v) is 5.97. The Balaban J connectivity index is 1.94. The summed E-state index contributed by atoms with van der Waals surface area (Å²) in [6, 6.07) is 18.9. The zero-order valence-electron chi connectivity index (χ0n) is 22.3. The van der Waals surface area contributed by atoms with Gasteiger partial charge in [0.2, 0.25) is 0 Å². The third-order valence-electron chi connectivity index (χ3n) is 5.48. The Morgan fingerprint density at radius 3 is 1.33 bits per heavy atom. The molecule has 0 bridgehead atoms. The van der Waals surface area contributed by atoms with Crippen molar-refractivity contribution in [2.24, 2.45) is 0 Å². The van der Waals surface area contributed by atoms with Gasteiger partial charge in [0.15, 0.2) is 24.8 Å². The molecule has 0 aliphatic heterocycles. The topological polar surface area (TPSA) is 103 Å². The minimum atomic E-state index is -6.68. The van der Waals surface area contributed by atoms with Gasteiger partial charge in [-0.25, -0.2) is 8.42 Å². The first-order chi connectivity index (χ1) is 19.8. The molecule has 0 aromatic heterocycles. The van der Waals surface area contributed by atoms with Crippen LogP contribution in [0, 0.1) is 0 Å². The van der Waals surface area contributed by atoms with Crippen molar-refractivity contribution in [1.29, 1.82) is 0 Å². The highest BCUT2D eigenvalue weighted by molar-refractivity contribution is 7.97. The van der Waals surface area contributed by atoms with Crippen molar-refractivity contribution < 1.29 is 58.6 Å². The lowest BCUT2D eigenvalue weighted by atomic mass is 10.3. The van der Waals surface area contributed by atoms with Gasteiger partial charge in [0.25, 0.3) is 6.10 Å². The summed E-state index contributed by atoms with van der Waals surface area (Å²) in [7, 11) is -4.44. The number of alkyl halides is 5. The van der Waals surface area contributed by atoms with Crippen LogP contribution in [0.4, 0.5) is 22.0 Å². The Morgan fingerprint density at radius 2 is 1.02 bits per heavy atom. The van der Waals surface area contributed by atoms with Gasteiger partial charge in [0, 0.05) is 14.2 Å². The molecule has 8 nitrogen and oxygen atoms in total. The molecule has 0 fully saturated rings. The molecule has 42 heavy (non-hydrogen) atoms. The van der Waals surface area contributed by atoms with Gasteiger partial charge >= 0.3 is 11.4 Å². The van der Waals surface area contributed by atoms with Crippen LogP contribution in [0.1, 0.15) is 0 Å². The van der Waals surface area contributed by atoms with Crippen molar-refractivity contribution in [3.63, 3.8) is 0 Å². The van der Waals surface area contributed by atoms with Crippen LogP contribution in [-0.4, -0.2) is 71.2 Å². The summed E-state index contributed by atoms with van der Waals surface area (Å²) >= 11 is 0. The fourth-order valence-electron chi connectivity index (χ4n) is 3.49. The van der Waals surface area contributed by atoms with Gasteiger partial charge in [0.1, 0.15) is 30.5 Å². The number of hydrogen-bond acceptors (Lipinski definition) is 8. The number of methoxy groups -OCH3 is 2. The van der Waals surface area contributed by atoms with E-state index >= 15 is 0 Å². The maximum atomic E-state index is 13.9. The maximum Gasteiger partial charge on any atom is 0.432 e. The number of benzene rings is 3. The van der Waals surface area contributed by atoms with E-state index in [0.717, 1.165) is 21.9 Å². The third kappa shape index (κ3) is 8.70. The van der Waals surface area contributed by atoms with Crippen molar-refractivity contribution in [2.75, 3.05) is 40.6 Å². The average Bonchev–Trinajstić information content (AvgIpc) is 2.93. The molecule has 15 heteroatoms. The minimum Gasteiger partial charge on any atom is -0.743 e. The van der Waals surface area contributed by atoms with Crippen LogP contribution < -0.4 is 14.2 Å².